The summed E-state index contributed by atoms with van der Waals surface area (Å²) in [6, 6.07) is 14.2. The molecule has 0 fully saturated rings. The fourth-order valence-electron chi connectivity index (χ4n) is 1.92. The van der Waals surface area contributed by atoms with Crippen molar-refractivity contribution in [1.29, 1.82) is 0 Å². The van der Waals surface area contributed by atoms with Crippen molar-refractivity contribution < 1.29 is 8.78 Å². The van der Waals surface area contributed by atoms with Crippen LogP contribution in [0.1, 0.15) is 36.1 Å². The zero-order valence-corrected chi connectivity index (χ0v) is 11.9. The van der Waals surface area contributed by atoms with Crippen molar-refractivity contribution >= 4 is 11.6 Å². The molecular weight excluding hydrogens is 280 g/mol. The molecule has 0 saturated carbocycles. The molecule has 0 heterocycles. The summed E-state index contributed by atoms with van der Waals surface area (Å²) in [5, 5.41) is 4.06. The molecule has 0 saturated heterocycles. The van der Waals surface area contributed by atoms with Crippen molar-refractivity contribution in [3.8, 4) is 0 Å². The Labute approximate surface area is 122 Å². The van der Waals surface area contributed by atoms with Gasteiger partial charge in [0.2, 0.25) is 0 Å². The molecule has 0 spiro atoms. The predicted molar refractivity (Wildman–Crippen MR) is 78.1 cm³/mol. The molecule has 1 N–H and O–H groups in total. The van der Waals surface area contributed by atoms with Crippen LogP contribution in [0.4, 0.5) is 8.78 Å². The Morgan fingerprint density at radius 3 is 2.05 bits per heavy atom. The minimum Gasteiger partial charge on any atom is -0.306 e. The van der Waals surface area contributed by atoms with E-state index in [1.165, 1.54) is 12.1 Å². The van der Waals surface area contributed by atoms with Crippen molar-refractivity contribution in [2.24, 2.45) is 0 Å². The van der Waals surface area contributed by atoms with Crippen LogP contribution in [-0.4, -0.2) is 0 Å². The van der Waals surface area contributed by atoms with E-state index < -0.39 is 6.43 Å². The lowest BCUT2D eigenvalue weighted by molar-refractivity contribution is 0.151. The number of halogens is 3. The molecular formula is C16H16ClF2N. The van der Waals surface area contributed by atoms with Gasteiger partial charge in [0.1, 0.15) is 0 Å². The minimum absolute atomic E-state index is 0.0551. The molecule has 2 rings (SSSR count). The Morgan fingerprint density at radius 1 is 0.950 bits per heavy atom. The second-order valence-electron chi connectivity index (χ2n) is 4.70. The van der Waals surface area contributed by atoms with Gasteiger partial charge >= 0.3 is 0 Å². The largest absolute Gasteiger partial charge is 0.306 e. The summed E-state index contributed by atoms with van der Waals surface area (Å²) in [5.74, 6) is 0. The van der Waals surface area contributed by atoms with Crippen LogP contribution in [-0.2, 0) is 6.54 Å². The van der Waals surface area contributed by atoms with Gasteiger partial charge in [0.25, 0.3) is 6.43 Å². The van der Waals surface area contributed by atoms with Gasteiger partial charge in [-0.3, -0.25) is 0 Å². The number of benzene rings is 2. The molecule has 0 radical (unpaired) electrons. The zero-order valence-electron chi connectivity index (χ0n) is 11.1. The van der Waals surface area contributed by atoms with Gasteiger partial charge in [0, 0.05) is 23.2 Å². The standard InChI is InChI=1S/C16H16ClF2N/c1-11(13-6-8-15(17)9-7-13)20-10-12-2-4-14(5-3-12)16(18)19/h2-9,11,16,20H,10H2,1H3/t11-/m1/s1. The van der Waals surface area contributed by atoms with Crippen molar-refractivity contribution in [1.82, 2.24) is 5.32 Å². The average molecular weight is 296 g/mol. The van der Waals surface area contributed by atoms with E-state index in [4.69, 9.17) is 11.6 Å². The Balaban J connectivity index is 1.92. The third kappa shape index (κ3) is 4.02. The molecule has 106 valence electrons. The average Bonchev–Trinajstić information content (AvgIpc) is 2.46. The van der Waals surface area contributed by atoms with Crippen molar-refractivity contribution in [2.45, 2.75) is 25.9 Å². The van der Waals surface area contributed by atoms with Gasteiger partial charge in [-0.05, 0) is 30.2 Å². The Kier molecular flexibility index (Phi) is 5.10. The molecule has 0 amide bonds. The van der Waals surface area contributed by atoms with Crippen LogP contribution >= 0.6 is 11.6 Å². The molecule has 0 aromatic heterocycles. The van der Waals surface area contributed by atoms with E-state index in [9.17, 15) is 8.78 Å². The maximum Gasteiger partial charge on any atom is 0.263 e. The van der Waals surface area contributed by atoms with E-state index in [2.05, 4.69) is 12.2 Å². The van der Waals surface area contributed by atoms with Gasteiger partial charge in [-0.25, -0.2) is 8.78 Å². The maximum absolute atomic E-state index is 12.4. The van der Waals surface area contributed by atoms with Crippen LogP contribution in [0.25, 0.3) is 0 Å². The molecule has 0 aliphatic heterocycles. The summed E-state index contributed by atoms with van der Waals surface area (Å²) < 4.78 is 24.9. The van der Waals surface area contributed by atoms with Gasteiger partial charge < -0.3 is 5.32 Å². The van der Waals surface area contributed by atoms with E-state index in [1.54, 1.807) is 12.1 Å². The molecule has 4 heteroatoms. The van der Waals surface area contributed by atoms with Gasteiger partial charge in [-0.15, -0.1) is 0 Å². The minimum atomic E-state index is -2.41. The monoisotopic (exact) mass is 295 g/mol. The summed E-state index contributed by atoms with van der Waals surface area (Å²) in [6.45, 7) is 2.68. The van der Waals surface area contributed by atoms with E-state index >= 15 is 0 Å². The molecule has 0 unspecified atom stereocenters. The highest BCUT2D eigenvalue weighted by atomic mass is 35.5. The summed E-state index contributed by atoms with van der Waals surface area (Å²) in [6.07, 6.45) is -2.41. The second kappa shape index (κ2) is 6.82. The number of hydrogen-bond acceptors (Lipinski definition) is 1. The Hall–Kier alpha value is -1.45. The first-order valence-electron chi connectivity index (χ1n) is 6.42. The maximum atomic E-state index is 12.4. The normalized spacial score (nSPS) is 12.7. The number of rotatable bonds is 5. The van der Waals surface area contributed by atoms with Gasteiger partial charge in [-0.2, -0.15) is 0 Å². The van der Waals surface area contributed by atoms with Crippen molar-refractivity contribution in [3.05, 3.63) is 70.2 Å². The first kappa shape index (κ1) is 14.9. The number of nitrogens with one attached hydrogen (secondary N) is 1. The topological polar surface area (TPSA) is 12.0 Å². The highest BCUT2D eigenvalue weighted by Gasteiger charge is 2.07. The fraction of sp³-hybridized carbons (Fsp3) is 0.250. The first-order chi connectivity index (χ1) is 9.56. The van der Waals surface area contributed by atoms with E-state index in [0.717, 1.165) is 11.1 Å². The summed E-state index contributed by atoms with van der Waals surface area (Å²) in [4.78, 5) is 0. The third-order valence-corrected chi connectivity index (χ3v) is 3.47. The Morgan fingerprint density at radius 2 is 1.50 bits per heavy atom. The van der Waals surface area contributed by atoms with Crippen LogP contribution in [0.3, 0.4) is 0 Å². The Bertz CT molecular complexity index is 537. The quantitative estimate of drug-likeness (QED) is 0.806. The number of alkyl halides is 2. The lowest BCUT2D eigenvalue weighted by atomic mass is 10.1. The first-order valence-corrected chi connectivity index (χ1v) is 6.80. The summed E-state index contributed by atoms with van der Waals surface area (Å²) in [5.41, 5.74) is 2.17. The van der Waals surface area contributed by atoms with E-state index in [1.807, 2.05) is 24.3 Å². The van der Waals surface area contributed by atoms with Crippen LogP contribution < -0.4 is 5.32 Å². The van der Waals surface area contributed by atoms with E-state index in [-0.39, 0.29) is 11.6 Å². The predicted octanol–water partition coefficient (Wildman–Crippen LogP) is 5.13. The highest BCUT2D eigenvalue weighted by Crippen LogP contribution is 2.19. The smallest absolute Gasteiger partial charge is 0.263 e. The fourth-order valence-corrected chi connectivity index (χ4v) is 2.05. The molecule has 20 heavy (non-hydrogen) atoms. The molecule has 0 aliphatic rings. The van der Waals surface area contributed by atoms with Gasteiger partial charge in [0.05, 0.1) is 0 Å². The van der Waals surface area contributed by atoms with Crippen molar-refractivity contribution in [3.63, 3.8) is 0 Å². The van der Waals surface area contributed by atoms with Crippen molar-refractivity contribution in [2.75, 3.05) is 0 Å². The lowest BCUT2D eigenvalue weighted by Gasteiger charge is -2.14. The van der Waals surface area contributed by atoms with Crippen LogP contribution in [0.5, 0.6) is 0 Å². The molecule has 1 atom stereocenters. The van der Waals surface area contributed by atoms with Crippen LogP contribution in [0, 0.1) is 0 Å². The number of hydrogen-bond donors (Lipinski definition) is 1. The SMILES string of the molecule is C[C@@H](NCc1ccc(C(F)F)cc1)c1ccc(Cl)cc1. The van der Waals surface area contributed by atoms with Crippen LogP contribution in [0.2, 0.25) is 5.02 Å². The zero-order chi connectivity index (χ0) is 14.5. The summed E-state index contributed by atoms with van der Waals surface area (Å²) in [7, 11) is 0. The lowest BCUT2D eigenvalue weighted by Crippen LogP contribution is -2.17. The molecule has 0 bridgehead atoms. The molecule has 2 aromatic carbocycles. The second-order valence-corrected chi connectivity index (χ2v) is 5.13. The molecule has 0 aliphatic carbocycles. The highest BCUT2D eigenvalue weighted by molar-refractivity contribution is 6.30. The third-order valence-electron chi connectivity index (χ3n) is 3.21. The summed E-state index contributed by atoms with van der Waals surface area (Å²) >= 11 is 5.85. The van der Waals surface area contributed by atoms with Crippen LogP contribution in [0.15, 0.2) is 48.5 Å². The molecule has 1 nitrogen and oxygen atoms in total. The van der Waals surface area contributed by atoms with E-state index in [0.29, 0.717) is 11.6 Å². The molecule has 2 aromatic rings. The van der Waals surface area contributed by atoms with Gasteiger partial charge in [0.15, 0.2) is 0 Å². The van der Waals surface area contributed by atoms with Gasteiger partial charge in [-0.1, -0.05) is 48.0 Å².